The molecule has 1 aromatic rings. The van der Waals surface area contributed by atoms with E-state index in [1.54, 1.807) is 6.07 Å². The molecule has 0 saturated heterocycles. The number of carbonyl (C=O) groups is 1. The van der Waals surface area contributed by atoms with Gasteiger partial charge >= 0.3 is 0 Å². The lowest BCUT2D eigenvalue weighted by atomic mass is 10.1. The number of amides is 1. The van der Waals surface area contributed by atoms with E-state index < -0.39 is 21.5 Å². The number of rotatable bonds is 6. The first-order valence-electron chi connectivity index (χ1n) is 5.53. The van der Waals surface area contributed by atoms with Gasteiger partial charge in [0.2, 0.25) is 5.91 Å². The molecule has 1 amide bonds. The van der Waals surface area contributed by atoms with Crippen molar-refractivity contribution in [1.82, 2.24) is 0 Å². The van der Waals surface area contributed by atoms with Gasteiger partial charge in [-0.15, -0.1) is 0 Å². The Kier molecular flexibility index (Phi) is 5.81. The van der Waals surface area contributed by atoms with Crippen LogP contribution in [0.2, 0.25) is 0 Å². The predicted octanol–water partition coefficient (Wildman–Crippen LogP) is 2.00. The first kappa shape index (κ1) is 15.2. The van der Waals surface area contributed by atoms with Crippen LogP contribution in [0.4, 0.5) is 5.69 Å². The van der Waals surface area contributed by atoms with Crippen molar-refractivity contribution in [3.05, 3.63) is 29.8 Å². The molecule has 100 valence electrons. The van der Waals surface area contributed by atoms with Crippen LogP contribution in [-0.4, -0.2) is 31.7 Å². The molecule has 0 fully saturated rings. The summed E-state index contributed by atoms with van der Waals surface area (Å²) in [7, 11) is -3.29. The number of sulfone groups is 1. The number of carbonyl (C=O) groups excluding carboxylic acids is 1. The molecular weight excluding hydrogens is 318 g/mol. The number of benzene rings is 1. The molecule has 0 bridgehead atoms. The summed E-state index contributed by atoms with van der Waals surface area (Å²) >= 11 is 3.36. The van der Waals surface area contributed by atoms with Gasteiger partial charge in [0, 0.05) is 17.3 Å². The molecule has 0 atom stereocenters. The number of anilines is 1. The highest BCUT2D eigenvalue weighted by Crippen LogP contribution is 2.12. The largest absolute Gasteiger partial charge is 0.325 e. The third-order valence-electron chi connectivity index (χ3n) is 2.20. The molecule has 18 heavy (non-hydrogen) atoms. The molecule has 4 nitrogen and oxygen atoms in total. The second-order valence-corrected chi connectivity index (χ2v) is 7.04. The van der Waals surface area contributed by atoms with Crippen LogP contribution in [-0.2, 0) is 21.1 Å². The standard InChI is InChI=1S/C12H16BrNO3S/c1-18(16,17)9-12(15)14-11-6-2-4-10(8-11)5-3-7-13/h2,4,6,8H,3,5,7,9H2,1H3,(H,14,15). The van der Waals surface area contributed by atoms with Crippen molar-refractivity contribution < 1.29 is 13.2 Å². The molecule has 0 aliphatic rings. The van der Waals surface area contributed by atoms with Gasteiger partial charge in [-0.2, -0.15) is 0 Å². The van der Waals surface area contributed by atoms with E-state index in [4.69, 9.17) is 0 Å². The maximum Gasteiger partial charge on any atom is 0.239 e. The molecule has 0 spiro atoms. The van der Waals surface area contributed by atoms with Crippen LogP contribution < -0.4 is 5.32 Å². The molecular formula is C12H16BrNO3S. The third kappa shape index (κ3) is 6.16. The molecule has 1 aromatic carbocycles. The predicted molar refractivity (Wildman–Crippen MR) is 76.9 cm³/mol. The fraction of sp³-hybridized carbons (Fsp3) is 0.417. The van der Waals surface area contributed by atoms with Crippen molar-refractivity contribution in [2.75, 3.05) is 22.7 Å². The van der Waals surface area contributed by atoms with Crippen LogP contribution in [0.3, 0.4) is 0 Å². The van der Waals surface area contributed by atoms with Crippen molar-refractivity contribution in [3.63, 3.8) is 0 Å². The Morgan fingerprint density at radius 1 is 1.39 bits per heavy atom. The van der Waals surface area contributed by atoms with Gasteiger partial charge in [0.15, 0.2) is 9.84 Å². The third-order valence-corrected chi connectivity index (χ3v) is 3.55. The number of aryl methyl sites for hydroxylation is 1. The summed E-state index contributed by atoms with van der Waals surface area (Å²) in [4.78, 5) is 11.5. The topological polar surface area (TPSA) is 63.2 Å². The van der Waals surface area contributed by atoms with Gasteiger partial charge in [0.1, 0.15) is 5.75 Å². The zero-order chi connectivity index (χ0) is 13.6. The van der Waals surface area contributed by atoms with Crippen molar-refractivity contribution >= 4 is 37.4 Å². The van der Waals surface area contributed by atoms with Gasteiger partial charge in [-0.25, -0.2) is 8.42 Å². The lowest BCUT2D eigenvalue weighted by molar-refractivity contribution is -0.113. The number of hydrogen-bond donors (Lipinski definition) is 1. The Bertz CT molecular complexity index is 514. The van der Waals surface area contributed by atoms with Crippen molar-refractivity contribution in [3.8, 4) is 0 Å². The van der Waals surface area contributed by atoms with E-state index in [1.807, 2.05) is 18.2 Å². The van der Waals surface area contributed by atoms with E-state index in [9.17, 15) is 13.2 Å². The summed E-state index contributed by atoms with van der Waals surface area (Å²) in [5.41, 5.74) is 1.75. The summed E-state index contributed by atoms with van der Waals surface area (Å²) in [5, 5.41) is 3.51. The van der Waals surface area contributed by atoms with E-state index >= 15 is 0 Å². The molecule has 0 unspecified atom stereocenters. The number of alkyl halides is 1. The molecule has 0 aliphatic carbocycles. The molecule has 1 N–H and O–H groups in total. The molecule has 0 aliphatic heterocycles. The fourth-order valence-electron chi connectivity index (χ4n) is 1.51. The number of halogens is 1. The number of nitrogens with one attached hydrogen (secondary N) is 1. The molecule has 1 rings (SSSR count). The molecule has 6 heteroatoms. The lowest BCUT2D eigenvalue weighted by Gasteiger charge is -2.06. The zero-order valence-corrected chi connectivity index (χ0v) is 12.6. The van der Waals surface area contributed by atoms with E-state index in [0.29, 0.717) is 5.69 Å². The second-order valence-electron chi connectivity index (χ2n) is 4.11. The average molecular weight is 334 g/mol. The first-order chi connectivity index (χ1) is 8.40. The van der Waals surface area contributed by atoms with Gasteiger partial charge in [-0.05, 0) is 30.5 Å². The van der Waals surface area contributed by atoms with Crippen molar-refractivity contribution in [2.45, 2.75) is 12.8 Å². The van der Waals surface area contributed by atoms with Crippen LogP contribution in [0, 0.1) is 0 Å². The quantitative estimate of drug-likeness (QED) is 0.810. The first-order valence-corrected chi connectivity index (χ1v) is 8.71. The van der Waals surface area contributed by atoms with Crippen LogP contribution >= 0.6 is 15.9 Å². The van der Waals surface area contributed by atoms with Gasteiger partial charge in [0.25, 0.3) is 0 Å². The van der Waals surface area contributed by atoms with Crippen LogP contribution in [0.5, 0.6) is 0 Å². The SMILES string of the molecule is CS(=O)(=O)CC(=O)Nc1cccc(CCCBr)c1. The summed E-state index contributed by atoms with van der Waals surface area (Å²) in [6.45, 7) is 0. The Morgan fingerprint density at radius 3 is 2.72 bits per heavy atom. The van der Waals surface area contributed by atoms with Gasteiger partial charge in [-0.1, -0.05) is 28.1 Å². The van der Waals surface area contributed by atoms with Gasteiger partial charge in [0.05, 0.1) is 0 Å². The van der Waals surface area contributed by atoms with E-state index in [-0.39, 0.29) is 0 Å². The maximum atomic E-state index is 11.5. The average Bonchev–Trinajstić information content (AvgIpc) is 2.24. The molecule has 0 heterocycles. The lowest BCUT2D eigenvalue weighted by Crippen LogP contribution is -2.21. The number of hydrogen-bond acceptors (Lipinski definition) is 3. The minimum absolute atomic E-state index is 0.487. The fourth-order valence-corrected chi connectivity index (χ4v) is 2.34. The van der Waals surface area contributed by atoms with Gasteiger partial charge in [-0.3, -0.25) is 4.79 Å². The maximum absolute atomic E-state index is 11.5. The highest BCUT2D eigenvalue weighted by molar-refractivity contribution is 9.09. The minimum Gasteiger partial charge on any atom is -0.325 e. The smallest absolute Gasteiger partial charge is 0.239 e. The second kappa shape index (κ2) is 6.89. The molecule has 0 aromatic heterocycles. The Hall–Kier alpha value is -0.880. The van der Waals surface area contributed by atoms with E-state index in [0.717, 1.165) is 30.0 Å². The summed E-state index contributed by atoms with van der Waals surface area (Å²) in [6.07, 6.45) is 2.97. The monoisotopic (exact) mass is 333 g/mol. The van der Waals surface area contributed by atoms with Gasteiger partial charge < -0.3 is 5.32 Å². The normalized spacial score (nSPS) is 11.2. The highest BCUT2D eigenvalue weighted by Gasteiger charge is 2.10. The van der Waals surface area contributed by atoms with E-state index in [2.05, 4.69) is 21.2 Å². The summed E-state index contributed by atoms with van der Waals surface area (Å²) < 4.78 is 21.9. The van der Waals surface area contributed by atoms with Crippen molar-refractivity contribution in [1.29, 1.82) is 0 Å². The van der Waals surface area contributed by atoms with E-state index in [1.165, 1.54) is 0 Å². The minimum atomic E-state index is -3.29. The molecule has 0 radical (unpaired) electrons. The van der Waals surface area contributed by atoms with Crippen molar-refractivity contribution in [2.24, 2.45) is 0 Å². The van der Waals surface area contributed by atoms with Crippen LogP contribution in [0.1, 0.15) is 12.0 Å². The highest BCUT2D eigenvalue weighted by atomic mass is 79.9. The summed E-state index contributed by atoms with van der Waals surface area (Å²) in [5.74, 6) is -0.992. The van der Waals surface area contributed by atoms with Crippen LogP contribution in [0.15, 0.2) is 24.3 Å². The Labute approximate surface area is 116 Å². The Morgan fingerprint density at radius 2 is 2.11 bits per heavy atom. The Balaban J connectivity index is 2.64. The van der Waals surface area contributed by atoms with Crippen LogP contribution in [0.25, 0.3) is 0 Å². The zero-order valence-electron chi connectivity index (χ0n) is 10.1. The summed E-state index contributed by atoms with van der Waals surface area (Å²) in [6, 6.07) is 7.44. The molecule has 0 saturated carbocycles.